The number of primary amides is 1. The Bertz CT molecular complexity index is 1160. The molecule has 2 rings (SSSR count). The highest BCUT2D eigenvalue weighted by molar-refractivity contribution is 5.99. The molecule has 10 heteroatoms. The molecule has 0 bridgehead atoms. The summed E-state index contributed by atoms with van der Waals surface area (Å²) < 4.78 is 10.5. The van der Waals surface area contributed by atoms with Gasteiger partial charge >= 0.3 is 6.09 Å². The summed E-state index contributed by atoms with van der Waals surface area (Å²) in [7, 11) is 1.55. The number of carbonyl (C=O) groups excluding carboxylic acids is 4. The van der Waals surface area contributed by atoms with Crippen molar-refractivity contribution in [2.45, 2.75) is 84.5 Å². The maximum Gasteiger partial charge on any atom is 0.408 e. The minimum Gasteiger partial charge on any atom is -0.497 e. The first-order valence-corrected chi connectivity index (χ1v) is 13.4. The van der Waals surface area contributed by atoms with E-state index >= 15 is 0 Å². The van der Waals surface area contributed by atoms with E-state index in [1.807, 2.05) is 38.1 Å². The Morgan fingerprint density at radius 2 is 1.57 bits per heavy atom. The smallest absolute Gasteiger partial charge is 0.408 e. The first-order chi connectivity index (χ1) is 18.8. The topological polar surface area (TPSA) is 140 Å². The van der Waals surface area contributed by atoms with E-state index in [4.69, 9.17) is 15.2 Å². The van der Waals surface area contributed by atoms with E-state index in [9.17, 15) is 19.2 Å². The molecule has 0 saturated carbocycles. The van der Waals surface area contributed by atoms with Crippen LogP contribution in [0.1, 0.15) is 71.6 Å². The summed E-state index contributed by atoms with van der Waals surface area (Å²) >= 11 is 0. The number of benzene rings is 2. The second kappa shape index (κ2) is 14.3. The number of hydrogen-bond donors (Lipinski definition) is 3. The fraction of sp³-hybridized carbons (Fsp3) is 0.467. The summed E-state index contributed by atoms with van der Waals surface area (Å²) in [6, 6.07) is 11.4. The van der Waals surface area contributed by atoms with E-state index in [-0.39, 0.29) is 0 Å². The van der Waals surface area contributed by atoms with Gasteiger partial charge in [0.05, 0.1) is 13.5 Å². The number of rotatable bonds is 12. The molecule has 3 unspecified atom stereocenters. The third-order valence-corrected chi connectivity index (χ3v) is 6.30. The second-order valence-corrected chi connectivity index (χ2v) is 10.6. The van der Waals surface area contributed by atoms with E-state index in [0.717, 1.165) is 12.0 Å². The van der Waals surface area contributed by atoms with Crippen molar-refractivity contribution in [3.05, 3.63) is 59.7 Å². The minimum atomic E-state index is -1.34. The lowest BCUT2D eigenvalue weighted by molar-refractivity contribution is -0.144. The van der Waals surface area contributed by atoms with Crippen LogP contribution in [0.2, 0.25) is 0 Å². The maximum absolute atomic E-state index is 14.1. The molecule has 0 spiro atoms. The predicted molar refractivity (Wildman–Crippen MR) is 154 cm³/mol. The number of aryl methyl sites for hydroxylation is 1. The Balaban J connectivity index is 2.56. The molecular weight excluding hydrogens is 512 g/mol. The number of nitrogens with one attached hydrogen (secondary N) is 2. The SMILES string of the molecule is CCc1ccc(C(C(=O)Nc2ccc(OC)cc2)N(C(=O)C(CC(N)=O)NC(=O)OC(C)(C)C)C(C)CC)cc1. The fourth-order valence-corrected chi connectivity index (χ4v) is 4.09. The molecule has 0 aliphatic heterocycles. The van der Waals surface area contributed by atoms with Gasteiger partial charge in [-0.1, -0.05) is 38.1 Å². The number of hydrogen-bond acceptors (Lipinski definition) is 6. The summed E-state index contributed by atoms with van der Waals surface area (Å²) in [5.74, 6) is -1.25. The van der Waals surface area contributed by atoms with E-state index < -0.39 is 54.0 Å². The monoisotopic (exact) mass is 554 g/mol. The van der Waals surface area contributed by atoms with Crippen LogP contribution in [0.25, 0.3) is 0 Å². The molecule has 218 valence electrons. The summed E-state index contributed by atoms with van der Waals surface area (Å²) in [5, 5.41) is 5.39. The van der Waals surface area contributed by atoms with E-state index in [1.165, 1.54) is 4.90 Å². The van der Waals surface area contributed by atoms with Crippen molar-refractivity contribution in [2.24, 2.45) is 5.73 Å². The number of carbonyl (C=O) groups is 4. The number of nitrogens with two attached hydrogens (primary N) is 1. The second-order valence-electron chi connectivity index (χ2n) is 10.6. The van der Waals surface area contributed by atoms with Crippen LogP contribution in [0.5, 0.6) is 5.75 Å². The highest BCUT2D eigenvalue weighted by Gasteiger charge is 2.39. The van der Waals surface area contributed by atoms with Crippen molar-refractivity contribution in [3.8, 4) is 5.75 Å². The Labute approximate surface area is 236 Å². The lowest BCUT2D eigenvalue weighted by Gasteiger charge is -2.38. The Kier molecular flexibility index (Phi) is 11.5. The molecule has 0 aliphatic rings. The van der Waals surface area contributed by atoms with Crippen LogP contribution in [0.15, 0.2) is 48.5 Å². The molecule has 0 heterocycles. The highest BCUT2D eigenvalue weighted by atomic mass is 16.6. The van der Waals surface area contributed by atoms with Crippen molar-refractivity contribution in [1.29, 1.82) is 0 Å². The lowest BCUT2D eigenvalue weighted by atomic mass is 9.97. The van der Waals surface area contributed by atoms with Crippen LogP contribution in [0, 0.1) is 0 Å². The zero-order chi connectivity index (χ0) is 30.0. The van der Waals surface area contributed by atoms with Gasteiger partial charge in [0, 0.05) is 11.7 Å². The third-order valence-electron chi connectivity index (χ3n) is 6.30. The molecule has 10 nitrogen and oxygen atoms in total. The van der Waals surface area contributed by atoms with Crippen LogP contribution in [0.4, 0.5) is 10.5 Å². The number of methoxy groups -OCH3 is 1. The van der Waals surface area contributed by atoms with Gasteiger partial charge in [0.2, 0.25) is 11.8 Å². The van der Waals surface area contributed by atoms with Crippen LogP contribution < -0.4 is 21.1 Å². The molecule has 0 fully saturated rings. The first kappa shape index (κ1) is 32.1. The standard InChI is InChI=1S/C30H42N4O6/c1-8-19(3)34(28(37)24(18-25(31)35)33-29(38)40-30(4,5)6)26(21-12-10-20(9-2)11-13-21)27(36)32-22-14-16-23(39-7)17-15-22/h10-17,19,24,26H,8-9,18H2,1-7H3,(H2,31,35)(H,32,36)(H,33,38). The summed E-state index contributed by atoms with van der Waals surface area (Å²) in [4.78, 5) is 54.0. The Hall–Kier alpha value is -4.08. The predicted octanol–water partition coefficient (Wildman–Crippen LogP) is 4.33. The van der Waals surface area contributed by atoms with Crippen LogP contribution in [-0.2, 0) is 25.5 Å². The first-order valence-electron chi connectivity index (χ1n) is 13.4. The Morgan fingerprint density at radius 1 is 0.975 bits per heavy atom. The lowest BCUT2D eigenvalue weighted by Crippen LogP contribution is -2.55. The van der Waals surface area contributed by atoms with Crippen molar-refractivity contribution in [1.82, 2.24) is 10.2 Å². The molecule has 2 aromatic carbocycles. The molecule has 4 N–H and O–H groups in total. The molecular formula is C30H42N4O6. The van der Waals surface area contributed by atoms with Crippen molar-refractivity contribution < 1.29 is 28.7 Å². The molecule has 0 saturated heterocycles. The average Bonchev–Trinajstić information content (AvgIpc) is 2.89. The molecule has 0 aromatic heterocycles. The third kappa shape index (κ3) is 9.29. The average molecular weight is 555 g/mol. The van der Waals surface area contributed by atoms with E-state index in [2.05, 4.69) is 10.6 Å². The minimum absolute atomic E-state index is 0.444. The quantitative estimate of drug-likeness (QED) is 0.357. The number of nitrogens with zero attached hydrogens (tertiary/aromatic N) is 1. The Morgan fingerprint density at radius 3 is 2.05 bits per heavy atom. The zero-order valence-electron chi connectivity index (χ0n) is 24.4. The number of ether oxygens (including phenoxy) is 2. The van der Waals surface area contributed by atoms with Gasteiger partial charge in [0.25, 0.3) is 5.91 Å². The summed E-state index contributed by atoms with van der Waals surface area (Å²) in [6.07, 6.45) is -0.0343. The van der Waals surface area contributed by atoms with Gasteiger partial charge < -0.3 is 30.7 Å². The van der Waals surface area contributed by atoms with E-state index in [0.29, 0.717) is 23.4 Å². The largest absolute Gasteiger partial charge is 0.497 e. The highest BCUT2D eigenvalue weighted by Crippen LogP contribution is 2.29. The van der Waals surface area contributed by atoms with Gasteiger partial charge in [-0.2, -0.15) is 0 Å². The zero-order valence-corrected chi connectivity index (χ0v) is 24.4. The van der Waals surface area contributed by atoms with Crippen molar-refractivity contribution in [3.63, 3.8) is 0 Å². The van der Waals surface area contributed by atoms with Crippen LogP contribution >= 0.6 is 0 Å². The maximum atomic E-state index is 14.1. The molecule has 3 atom stereocenters. The van der Waals surface area contributed by atoms with Gasteiger partial charge in [-0.3, -0.25) is 14.4 Å². The molecule has 40 heavy (non-hydrogen) atoms. The molecule has 2 aromatic rings. The van der Waals surface area contributed by atoms with E-state index in [1.54, 1.807) is 59.1 Å². The number of anilines is 1. The van der Waals surface area contributed by atoms with Crippen molar-refractivity contribution >= 4 is 29.5 Å². The number of alkyl carbamates (subject to hydrolysis) is 1. The van der Waals surface area contributed by atoms with Crippen molar-refractivity contribution in [2.75, 3.05) is 12.4 Å². The van der Waals surface area contributed by atoms with Gasteiger partial charge in [-0.15, -0.1) is 0 Å². The molecule has 0 radical (unpaired) electrons. The summed E-state index contributed by atoms with van der Waals surface area (Å²) in [6.45, 7) is 10.8. The molecule has 0 aliphatic carbocycles. The van der Waals surface area contributed by atoms with Gasteiger partial charge in [-0.25, -0.2) is 4.79 Å². The molecule has 4 amide bonds. The van der Waals surface area contributed by atoms with Crippen LogP contribution in [0.3, 0.4) is 0 Å². The number of amides is 4. The van der Waals surface area contributed by atoms with Gasteiger partial charge in [0.15, 0.2) is 0 Å². The fourth-order valence-electron chi connectivity index (χ4n) is 4.09. The van der Waals surface area contributed by atoms with Gasteiger partial charge in [0.1, 0.15) is 23.4 Å². The van der Waals surface area contributed by atoms with Crippen LogP contribution in [-0.4, -0.2) is 53.5 Å². The van der Waals surface area contributed by atoms with Gasteiger partial charge in [-0.05, 0) is 75.9 Å². The normalized spacial score (nSPS) is 13.4. The summed E-state index contributed by atoms with van der Waals surface area (Å²) in [5.41, 5.74) is 6.78.